The fourth-order valence-electron chi connectivity index (χ4n) is 1.26. The number of rotatable bonds is 3. The summed E-state index contributed by atoms with van der Waals surface area (Å²) in [5, 5.41) is 7.50. The molecule has 0 spiro atoms. The van der Waals surface area contributed by atoms with Crippen molar-refractivity contribution in [3.63, 3.8) is 0 Å². The van der Waals surface area contributed by atoms with Crippen molar-refractivity contribution >= 4 is 0 Å². The predicted octanol–water partition coefficient (Wildman–Crippen LogP) is 1.84. The summed E-state index contributed by atoms with van der Waals surface area (Å²) in [5.41, 5.74) is 1.44. The van der Waals surface area contributed by atoms with Gasteiger partial charge in [0.15, 0.2) is 0 Å². The van der Waals surface area contributed by atoms with Crippen LogP contribution in [0.15, 0.2) is 24.4 Å². The molecule has 1 heterocycles. The van der Waals surface area contributed by atoms with Crippen molar-refractivity contribution in [1.29, 1.82) is 0 Å². The van der Waals surface area contributed by atoms with E-state index in [1.54, 1.807) is 37.0 Å². The molecular formula is C11H12FN3O. The van der Waals surface area contributed by atoms with Crippen LogP contribution in [0.2, 0.25) is 0 Å². The highest BCUT2D eigenvalue weighted by Gasteiger charge is 2.03. The number of hydrogen-bond donors (Lipinski definition) is 0. The van der Waals surface area contributed by atoms with Gasteiger partial charge in [-0.2, -0.15) is 0 Å². The number of benzene rings is 1. The summed E-state index contributed by atoms with van der Waals surface area (Å²) in [5.74, 6) is 0.241. The monoisotopic (exact) mass is 221 g/mol. The summed E-state index contributed by atoms with van der Waals surface area (Å²) >= 11 is 0. The molecule has 1 aromatic carbocycles. The van der Waals surface area contributed by atoms with Gasteiger partial charge in [-0.05, 0) is 18.6 Å². The second-order valence-corrected chi connectivity index (χ2v) is 3.55. The molecule has 0 saturated carbocycles. The summed E-state index contributed by atoms with van der Waals surface area (Å²) in [6, 6.07) is 4.80. The topological polar surface area (TPSA) is 39.9 Å². The number of ether oxygens (including phenoxy) is 1. The molecule has 0 bridgehead atoms. The Kier molecular flexibility index (Phi) is 2.85. The zero-order chi connectivity index (χ0) is 11.5. The average molecular weight is 221 g/mol. The molecule has 0 amide bonds. The van der Waals surface area contributed by atoms with Crippen molar-refractivity contribution in [3.05, 3.63) is 41.5 Å². The zero-order valence-electron chi connectivity index (χ0n) is 9.14. The Bertz CT molecular complexity index is 496. The fraction of sp³-hybridized carbons (Fsp3) is 0.273. The Morgan fingerprint density at radius 1 is 1.44 bits per heavy atom. The van der Waals surface area contributed by atoms with Gasteiger partial charge in [-0.25, -0.2) is 9.07 Å². The molecule has 0 saturated heterocycles. The molecular weight excluding hydrogens is 209 g/mol. The third kappa shape index (κ3) is 2.18. The lowest BCUT2D eigenvalue weighted by Gasteiger charge is -2.06. The first-order chi connectivity index (χ1) is 7.66. The third-order valence-electron chi connectivity index (χ3n) is 2.34. The van der Waals surface area contributed by atoms with E-state index in [-0.39, 0.29) is 5.82 Å². The standard InChI is InChI=1S/C11H12FN3O/c1-8-3-4-10(5-11(8)12)16-7-9-6-13-14-15(9)2/h3-6H,7H2,1-2H3. The first-order valence-electron chi connectivity index (χ1n) is 4.89. The maximum absolute atomic E-state index is 13.2. The molecule has 0 aliphatic rings. The van der Waals surface area contributed by atoms with Crippen LogP contribution in [-0.2, 0) is 13.7 Å². The number of hydrogen-bond acceptors (Lipinski definition) is 3. The number of aromatic nitrogens is 3. The minimum atomic E-state index is -0.263. The minimum absolute atomic E-state index is 0.263. The van der Waals surface area contributed by atoms with Gasteiger partial charge in [-0.1, -0.05) is 11.3 Å². The van der Waals surface area contributed by atoms with Crippen LogP contribution in [0.1, 0.15) is 11.3 Å². The van der Waals surface area contributed by atoms with Crippen molar-refractivity contribution in [2.75, 3.05) is 0 Å². The molecule has 2 aromatic rings. The highest BCUT2D eigenvalue weighted by Crippen LogP contribution is 2.16. The molecule has 4 nitrogen and oxygen atoms in total. The molecule has 16 heavy (non-hydrogen) atoms. The van der Waals surface area contributed by atoms with Gasteiger partial charge in [0.05, 0.1) is 11.9 Å². The van der Waals surface area contributed by atoms with Gasteiger partial charge in [0.2, 0.25) is 0 Å². The summed E-state index contributed by atoms with van der Waals surface area (Å²) in [4.78, 5) is 0. The van der Waals surface area contributed by atoms with E-state index in [2.05, 4.69) is 10.3 Å². The fourth-order valence-corrected chi connectivity index (χ4v) is 1.26. The first-order valence-corrected chi connectivity index (χ1v) is 4.89. The first kappa shape index (κ1) is 10.6. The summed E-state index contributed by atoms with van der Waals surface area (Å²) in [7, 11) is 1.78. The molecule has 0 aliphatic heterocycles. The largest absolute Gasteiger partial charge is 0.487 e. The van der Waals surface area contributed by atoms with Crippen LogP contribution in [-0.4, -0.2) is 15.0 Å². The van der Waals surface area contributed by atoms with Crippen LogP contribution in [0.25, 0.3) is 0 Å². The maximum Gasteiger partial charge on any atom is 0.132 e. The van der Waals surface area contributed by atoms with Crippen LogP contribution in [0.5, 0.6) is 5.75 Å². The SMILES string of the molecule is Cc1ccc(OCc2cnnn2C)cc1F. The second-order valence-electron chi connectivity index (χ2n) is 3.55. The average Bonchev–Trinajstić information content (AvgIpc) is 2.66. The van der Waals surface area contributed by atoms with Gasteiger partial charge < -0.3 is 4.74 Å². The normalized spacial score (nSPS) is 10.4. The molecule has 84 valence electrons. The maximum atomic E-state index is 13.2. The lowest BCUT2D eigenvalue weighted by atomic mass is 10.2. The Morgan fingerprint density at radius 3 is 2.88 bits per heavy atom. The second kappa shape index (κ2) is 4.30. The molecule has 2 rings (SSSR count). The smallest absolute Gasteiger partial charge is 0.132 e. The van der Waals surface area contributed by atoms with Crippen LogP contribution < -0.4 is 4.74 Å². The molecule has 5 heteroatoms. The summed E-state index contributed by atoms with van der Waals surface area (Å²) in [6.07, 6.45) is 1.62. The van der Waals surface area contributed by atoms with Crippen molar-refractivity contribution in [1.82, 2.24) is 15.0 Å². The molecule has 1 aromatic heterocycles. The quantitative estimate of drug-likeness (QED) is 0.794. The van der Waals surface area contributed by atoms with Crippen LogP contribution in [0.3, 0.4) is 0 Å². The highest BCUT2D eigenvalue weighted by molar-refractivity contribution is 5.28. The van der Waals surface area contributed by atoms with E-state index < -0.39 is 0 Å². The molecule has 0 N–H and O–H groups in total. The van der Waals surface area contributed by atoms with E-state index in [1.807, 2.05) is 0 Å². The third-order valence-corrected chi connectivity index (χ3v) is 2.34. The van der Waals surface area contributed by atoms with E-state index >= 15 is 0 Å². The summed E-state index contributed by atoms with van der Waals surface area (Å²) < 4.78 is 20.3. The van der Waals surface area contributed by atoms with Gasteiger partial charge in [0.1, 0.15) is 18.2 Å². The molecule has 0 aliphatic carbocycles. The lowest BCUT2D eigenvalue weighted by Crippen LogP contribution is -2.03. The van der Waals surface area contributed by atoms with Gasteiger partial charge in [0.25, 0.3) is 0 Å². The molecule has 0 fully saturated rings. The van der Waals surface area contributed by atoms with Gasteiger partial charge in [-0.3, -0.25) is 0 Å². The highest BCUT2D eigenvalue weighted by atomic mass is 19.1. The number of halogens is 1. The molecule has 0 atom stereocenters. The van der Waals surface area contributed by atoms with Crippen molar-refractivity contribution in [2.24, 2.45) is 7.05 Å². The number of aryl methyl sites for hydroxylation is 2. The summed E-state index contributed by atoms with van der Waals surface area (Å²) in [6.45, 7) is 2.04. The zero-order valence-corrected chi connectivity index (χ0v) is 9.14. The minimum Gasteiger partial charge on any atom is -0.487 e. The van der Waals surface area contributed by atoms with Gasteiger partial charge in [0, 0.05) is 13.1 Å². The van der Waals surface area contributed by atoms with Crippen LogP contribution >= 0.6 is 0 Å². The van der Waals surface area contributed by atoms with E-state index in [0.717, 1.165) is 5.69 Å². The van der Waals surface area contributed by atoms with E-state index in [9.17, 15) is 4.39 Å². The van der Waals surface area contributed by atoms with Gasteiger partial charge in [-0.15, -0.1) is 5.10 Å². The van der Waals surface area contributed by atoms with E-state index in [1.165, 1.54) is 6.07 Å². The Balaban J connectivity index is 2.05. The predicted molar refractivity (Wildman–Crippen MR) is 56.5 cm³/mol. The van der Waals surface area contributed by atoms with Crippen molar-refractivity contribution < 1.29 is 9.13 Å². The van der Waals surface area contributed by atoms with Gasteiger partial charge >= 0.3 is 0 Å². The number of nitrogens with zero attached hydrogens (tertiary/aromatic N) is 3. The van der Waals surface area contributed by atoms with Crippen LogP contribution in [0.4, 0.5) is 4.39 Å². The lowest BCUT2D eigenvalue weighted by molar-refractivity contribution is 0.293. The van der Waals surface area contributed by atoms with E-state index in [0.29, 0.717) is 17.9 Å². The molecule has 0 unspecified atom stereocenters. The Morgan fingerprint density at radius 2 is 2.25 bits per heavy atom. The van der Waals surface area contributed by atoms with E-state index in [4.69, 9.17) is 4.74 Å². The van der Waals surface area contributed by atoms with Crippen molar-refractivity contribution in [2.45, 2.75) is 13.5 Å². The molecule has 0 radical (unpaired) electrons. The van der Waals surface area contributed by atoms with Crippen LogP contribution in [0, 0.1) is 12.7 Å². The van der Waals surface area contributed by atoms with Crippen molar-refractivity contribution in [3.8, 4) is 5.75 Å². The Labute approximate surface area is 92.7 Å². The Hall–Kier alpha value is -1.91.